The van der Waals surface area contributed by atoms with Crippen molar-refractivity contribution in [2.75, 3.05) is 39.6 Å². The molecular formula is C111H136O6. The Morgan fingerprint density at radius 1 is 0.188 bits per heavy atom. The maximum absolute atomic E-state index is 6.83. The molecule has 0 heterocycles. The van der Waals surface area contributed by atoms with Crippen LogP contribution in [0.25, 0.3) is 66.8 Å². The van der Waals surface area contributed by atoms with E-state index in [9.17, 15) is 0 Å². The van der Waals surface area contributed by atoms with Crippen LogP contribution < -0.4 is 28.4 Å². The molecule has 0 aliphatic heterocycles. The smallest absolute Gasteiger partial charge is 0.119 e. The summed E-state index contributed by atoms with van der Waals surface area (Å²) < 4.78 is 40.9. The summed E-state index contributed by atoms with van der Waals surface area (Å²) in [6.45, 7) is 18.0. The number of unbranched alkanes of at least 4 members (excludes halogenated alkanes) is 30. The van der Waals surface area contributed by atoms with E-state index in [1.54, 1.807) is 0 Å². The van der Waals surface area contributed by atoms with Crippen molar-refractivity contribution in [3.63, 3.8) is 0 Å². The summed E-state index contributed by atoms with van der Waals surface area (Å²) in [4.78, 5) is 0. The van der Waals surface area contributed by atoms with Gasteiger partial charge in [0, 0.05) is 11.8 Å². The summed E-state index contributed by atoms with van der Waals surface area (Å²) in [6, 6.07) is 75.8. The second-order valence-electron chi connectivity index (χ2n) is 34.4. The van der Waals surface area contributed by atoms with Crippen molar-refractivity contribution >= 4 is 0 Å². The predicted octanol–water partition coefficient (Wildman–Crippen LogP) is 32.1. The van der Waals surface area contributed by atoms with E-state index in [1.165, 1.54) is 315 Å². The molecule has 117 heavy (non-hydrogen) atoms. The van der Waals surface area contributed by atoms with Gasteiger partial charge in [0.05, 0.1) is 45.1 Å². The number of benzene rings is 10. The zero-order valence-corrected chi connectivity index (χ0v) is 72.3. The second kappa shape index (κ2) is 43.1. The molecule has 10 aromatic carbocycles. The fourth-order valence-corrected chi connectivity index (χ4v) is 19.6. The number of hydrogen-bond acceptors (Lipinski definition) is 6. The first kappa shape index (κ1) is 84.5. The molecule has 0 N–H and O–H groups in total. The van der Waals surface area contributed by atoms with Crippen molar-refractivity contribution in [3.8, 4) is 101 Å². The predicted molar refractivity (Wildman–Crippen MR) is 492 cm³/mol. The highest BCUT2D eigenvalue weighted by molar-refractivity contribution is 5.98. The molecular weight excluding hydrogens is 1430 g/mol. The molecule has 0 amide bonds. The Bertz CT molecular complexity index is 4610. The van der Waals surface area contributed by atoms with Gasteiger partial charge in [-0.1, -0.05) is 337 Å². The summed E-state index contributed by atoms with van der Waals surface area (Å²) in [6.07, 6.45) is 43.8. The SMILES string of the molecule is CCCCCCCCOc1ccc2c(c1)-c1cc(OCCCCCCCC)ccc1C2c1cc(-c2ccc3c(c2)C2(c4ccccc4-3)c3ccc(OCCCCCCCC)cc3-c3cc(OCCCCCCCC)ccc32)c(C2c3ccc(OCCCCCCCC)cc3-c3cc(OCCCCCCCC)ccc32)cc1-c1ccccc1. The van der Waals surface area contributed by atoms with Crippen molar-refractivity contribution in [1.29, 1.82) is 0 Å². The lowest BCUT2D eigenvalue weighted by molar-refractivity contribution is 0.304. The average molecular weight is 1570 g/mol. The van der Waals surface area contributed by atoms with Crippen LogP contribution in [0.3, 0.4) is 0 Å². The molecule has 0 aromatic heterocycles. The minimum Gasteiger partial charge on any atom is -0.494 e. The monoisotopic (exact) mass is 1570 g/mol. The van der Waals surface area contributed by atoms with Crippen LogP contribution >= 0.6 is 0 Å². The summed E-state index contributed by atoms with van der Waals surface area (Å²) in [5.74, 6) is 5.26. The van der Waals surface area contributed by atoms with E-state index in [0.717, 1.165) is 73.0 Å². The molecule has 0 saturated heterocycles. The van der Waals surface area contributed by atoms with Gasteiger partial charge in [0.2, 0.25) is 0 Å². The summed E-state index contributed by atoms with van der Waals surface area (Å²) in [5.41, 5.74) is 26.9. The number of ether oxygens (including phenoxy) is 6. The molecule has 10 aromatic rings. The maximum atomic E-state index is 6.83. The summed E-state index contributed by atoms with van der Waals surface area (Å²) in [7, 11) is 0. The van der Waals surface area contributed by atoms with Crippen LogP contribution in [0, 0.1) is 0 Å². The van der Waals surface area contributed by atoms with Gasteiger partial charge in [-0.25, -0.2) is 0 Å². The Morgan fingerprint density at radius 2 is 0.462 bits per heavy atom. The molecule has 0 fully saturated rings. The normalized spacial score (nSPS) is 13.1. The van der Waals surface area contributed by atoms with Gasteiger partial charge in [-0.3, -0.25) is 0 Å². The summed E-state index contributed by atoms with van der Waals surface area (Å²) in [5, 5.41) is 0. The van der Waals surface area contributed by atoms with Crippen LogP contribution in [0.1, 0.15) is 340 Å². The Balaban J connectivity index is 0.956. The fraction of sp³-hybridized carbons (Fsp3) is 0.459. The fourth-order valence-electron chi connectivity index (χ4n) is 19.6. The molecule has 0 atom stereocenters. The van der Waals surface area contributed by atoms with E-state index < -0.39 is 5.41 Å². The molecule has 0 saturated carbocycles. The van der Waals surface area contributed by atoms with Gasteiger partial charge in [0.15, 0.2) is 0 Å². The molecule has 6 nitrogen and oxygen atoms in total. The van der Waals surface area contributed by atoms with Crippen LogP contribution in [0.4, 0.5) is 0 Å². The third kappa shape index (κ3) is 20.0. The molecule has 0 radical (unpaired) electrons. The quantitative estimate of drug-likeness (QED) is 0.0354. The topological polar surface area (TPSA) is 55.4 Å². The van der Waals surface area contributed by atoms with Crippen LogP contribution in [0.2, 0.25) is 0 Å². The van der Waals surface area contributed by atoms with Crippen LogP contribution in [-0.2, 0) is 5.41 Å². The average Bonchev–Trinajstić information content (AvgIpc) is 1.51. The van der Waals surface area contributed by atoms with Crippen molar-refractivity contribution in [1.82, 2.24) is 0 Å². The van der Waals surface area contributed by atoms with E-state index in [4.69, 9.17) is 28.4 Å². The van der Waals surface area contributed by atoms with E-state index in [0.29, 0.717) is 39.6 Å². The molecule has 1 spiro atoms. The first-order valence-corrected chi connectivity index (χ1v) is 47.0. The Kier molecular flexibility index (Phi) is 31.1. The van der Waals surface area contributed by atoms with Crippen molar-refractivity contribution in [3.05, 3.63) is 250 Å². The Labute approximate surface area is 704 Å². The van der Waals surface area contributed by atoms with Crippen LogP contribution in [0.5, 0.6) is 34.5 Å². The molecule has 0 bridgehead atoms. The van der Waals surface area contributed by atoms with E-state index in [2.05, 4.69) is 236 Å². The lowest BCUT2D eigenvalue weighted by atomic mass is 9.70. The minimum atomic E-state index is -0.660. The highest BCUT2D eigenvalue weighted by Gasteiger charge is 2.52. The molecule has 616 valence electrons. The maximum Gasteiger partial charge on any atom is 0.119 e. The Morgan fingerprint density at radius 3 is 0.803 bits per heavy atom. The van der Waals surface area contributed by atoms with Crippen LogP contribution in [-0.4, -0.2) is 39.6 Å². The zero-order valence-electron chi connectivity index (χ0n) is 72.3. The number of rotatable bonds is 52. The largest absolute Gasteiger partial charge is 0.494 e. The van der Waals surface area contributed by atoms with Gasteiger partial charge in [-0.05, 0) is 252 Å². The number of hydrogen-bond donors (Lipinski definition) is 0. The Hall–Kier alpha value is -9.00. The highest BCUT2D eigenvalue weighted by Crippen LogP contribution is 2.65. The van der Waals surface area contributed by atoms with Crippen molar-refractivity contribution in [2.24, 2.45) is 0 Å². The highest BCUT2D eigenvalue weighted by atomic mass is 16.5. The van der Waals surface area contributed by atoms with Gasteiger partial charge in [0.1, 0.15) is 34.5 Å². The van der Waals surface area contributed by atoms with E-state index in [1.807, 2.05) is 0 Å². The third-order valence-corrected chi connectivity index (χ3v) is 25.9. The third-order valence-electron chi connectivity index (χ3n) is 25.9. The summed E-state index contributed by atoms with van der Waals surface area (Å²) >= 11 is 0. The number of fused-ring (bicyclic) bond motifs is 16. The lowest BCUT2D eigenvalue weighted by Crippen LogP contribution is -2.26. The first-order valence-electron chi connectivity index (χ1n) is 47.0. The molecule has 14 rings (SSSR count). The van der Waals surface area contributed by atoms with Gasteiger partial charge < -0.3 is 28.4 Å². The van der Waals surface area contributed by atoms with Crippen molar-refractivity contribution < 1.29 is 28.4 Å². The molecule has 0 unspecified atom stereocenters. The van der Waals surface area contributed by atoms with Gasteiger partial charge in [0.25, 0.3) is 0 Å². The second-order valence-corrected chi connectivity index (χ2v) is 34.4. The lowest BCUT2D eigenvalue weighted by Gasteiger charge is -2.31. The van der Waals surface area contributed by atoms with E-state index in [-0.39, 0.29) is 11.8 Å². The van der Waals surface area contributed by atoms with Gasteiger partial charge in [-0.15, -0.1) is 0 Å². The molecule has 4 aliphatic rings. The van der Waals surface area contributed by atoms with Gasteiger partial charge >= 0.3 is 0 Å². The standard InChI is InChI=1S/C111H136O6/c1-7-13-19-25-31-42-66-112-83-53-60-91-97(73-83)98-74-84(113-67-43-32-26-20-14-8-2)54-61-92(98)109(91)103-80-96(104(79-95(103)81-48-38-37-39-49-81)110-93-62-55-85(114-68-44-33-27-21-15-9-3)75-99(93)100-76-86(56-63-94(100)110)115-69-45-34-28-22-16-10-4)82-52-59-90-89-50-40-41-51-105(89)111(108(90)72-82)106-64-57-87(116-70-46-35-29-23-17-11-5)77-101(106)102-78-88(58-65-107(102)111)117-71-47-36-30-24-18-12-6/h37-41,48-65,72-80,109-110H,7-36,42-47,66-71H2,1-6H3. The van der Waals surface area contributed by atoms with Crippen LogP contribution in [0.15, 0.2) is 194 Å². The zero-order chi connectivity index (χ0) is 80.4. The van der Waals surface area contributed by atoms with E-state index >= 15 is 0 Å². The minimum absolute atomic E-state index is 0.132. The first-order chi connectivity index (χ1) is 57.9. The van der Waals surface area contributed by atoms with Crippen molar-refractivity contribution in [2.45, 2.75) is 290 Å². The van der Waals surface area contributed by atoms with Gasteiger partial charge in [-0.2, -0.15) is 0 Å². The molecule has 6 heteroatoms. The molecule has 4 aliphatic carbocycles.